The van der Waals surface area contributed by atoms with Crippen LogP contribution in [0.2, 0.25) is 0 Å². The van der Waals surface area contributed by atoms with Crippen molar-refractivity contribution >= 4 is 72.4 Å². The molecule has 0 aliphatic carbocycles. The van der Waals surface area contributed by atoms with Gasteiger partial charge in [-0.25, -0.2) is 0 Å². The zero-order chi connectivity index (χ0) is 59.4. The first kappa shape index (κ1) is 67.0. The Morgan fingerprint density at radius 1 is 0.519 bits per heavy atom. The quantitative estimate of drug-likeness (QED) is 0.0388. The molecule has 15 heteroatoms. The van der Waals surface area contributed by atoms with Gasteiger partial charge in [0.05, 0.1) is 41.7 Å². The van der Waals surface area contributed by atoms with E-state index < -0.39 is 19.2 Å². The molecule has 0 unspecified atom stereocenters. The second-order valence-corrected chi connectivity index (χ2v) is 20.6. The van der Waals surface area contributed by atoms with Crippen molar-refractivity contribution in [1.82, 2.24) is 0 Å². The van der Waals surface area contributed by atoms with E-state index in [9.17, 15) is 18.8 Å². The fourth-order valence-electron chi connectivity index (χ4n) is 6.76. The van der Waals surface area contributed by atoms with Crippen molar-refractivity contribution in [3.8, 4) is 23.0 Å². The second kappa shape index (κ2) is 39.2. The van der Waals surface area contributed by atoms with E-state index in [1.807, 2.05) is 187 Å². The number of alkyl halides is 2. The van der Waals surface area contributed by atoms with E-state index in [1.165, 1.54) is 26.9 Å². The molecule has 7 aromatic rings. The van der Waals surface area contributed by atoms with Gasteiger partial charge in [0.1, 0.15) is 48.9 Å². The maximum atomic E-state index is 11.5. The summed E-state index contributed by atoms with van der Waals surface area (Å²) >= 11 is 8.83. The Bertz CT molecular complexity index is 2780. The minimum Gasteiger partial charge on any atom is -0.508 e. The van der Waals surface area contributed by atoms with Gasteiger partial charge in [-0.3, -0.25) is 18.8 Å². The predicted octanol–water partition coefficient (Wildman–Crippen LogP) is 15.2. The van der Waals surface area contributed by atoms with Crippen molar-refractivity contribution in [2.24, 2.45) is 17.6 Å². The highest BCUT2D eigenvalue weighted by Gasteiger charge is 2.16. The Kier molecular flexibility index (Phi) is 33.2. The van der Waals surface area contributed by atoms with Gasteiger partial charge in [-0.1, -0.05) is 196 Å². The Labute approximate surface area is 499 Å². The fraction of sp³-hybridized carbons (Fsp3) is 0.297. The molecule has 11 nitrogen and oxygen atoms in total. The maximum absolute atomic E-state index is 11.5. The number of halogens is 4. The summed E-state index contributed by atoms with van der Waals surface area (Å²) in [7, 11) is 3.17. The monoisotopic (exact) mass is 1320 g/mol. The Morgan fingerprint density at radius 2 is 0.861 bits per heavy atom. The van der Waals surface area contributed by atoms with E-state index >= 15 is 0 Å². The van der Waals surface area contributed by atoms with Crippen LogP contribution < -0.4 is 19.9 Å². The standard InChI is InChI=1S/C19H22O3.C18H21NO3.C14H13BrO.C7H7BrO.C5H9IO2.CH3F/c1-14-9-10-17(11-15(2)19(20)21-3)12-18(14)22-13-16-7-5-4-6-8-16;1-13-8-9-15(10-16(19)18(20)21-2)11-17(13)22-12-14-6-4-3-5-7-14;1-11-7-8-13(15)9-14(11)16-10-12-5-3-2-4-6-12;1-5-2-3-6(8)4-7(5)9;1-4(3-6)5(7)8-2;1-2/h4-10,12,15H,11,13H2,1-3H3;3-9,11,16H,10,12,19H2,1-2H3;2-9H,10H2,1H3;2-4,9H,1H3;4H,3H2,1-2H3;1H3/t15-;16-;;;4-;/m00..0./s1/i;;;;;1D. The summed E-state index contributed by atoms with van der Waals surface area (Å²) in [6, 6.07) is 53.0. The number of phenols is 1. The predicted molar refractivity (Wildman–Crippen MR) is 330 cm³/mol. The van der Waals surface area contributed by atoms with Crippen LogP contribution in [-0.4, -0.2) is 62.0 Å². The van der Waals surface area contributed by atoms with E-state index in [2.05, 4.69) is 76.1 Å². The molecular weight excluding hydrogens is 1250 g/mol. The van der Waals surface area contributed by atoms with Crippen LogP contribution in [-0.2, 0) is 61.3 Å². The summed E-state index contributed by atoms with van der Waals surface area (Å²) in [5, 5.41) is 9.07. The molecule has 7 rings (SSSR count). The lowest BCUT2D eigenvalue weighted by Gasteiger charge is -2.13. The first-order valence-electron chi connectivity index (χ1n) is 25.8. The van der Waals surface area contributed by atoms with E-state index in [0.717, 1.165) is 75.1 Å². The number of nitrogens with two attached hydrogens (primary N) is 1. The molecule has 0 heterocycles. The minimum atomic E-state index is -1.00. The third kappa shape index (κ3) is 27.4. The molecule has 0 bridgehead atoms. The topological polar surface area (TPSA) is 153 Å². The maximum Gasteiger partial charge on any atom is 0.322 e. The van der Waals surface area contributed by atoms with Gasteiger partial charge in [-0.2, -0.15) is 0 Å². The molecule has 0 saturated heterocycles. The summed E-state index contributed by atoms with van der Waals surface area (Å²) in [6.45, 7) is 13.3. The fourth-order valence-corrected chi connectivity index (χ4v) is 7.81. The highest BCUT2D eigenvalue weighted by Crippen LogP contribution is 2.26. The number of phenolic OH excluding ortho intramolecular Hbond substituents is 1. The van der Waals surface area contributed by atoms with Gasteiger partial charge < -0.3 is 39.3 Å². The van der Waals surface area contributed by atoms with E-state index in [-0.39, 0.29) is 23.8 Å². The number of esters is 3. The number of rotatable bonds is 17. The lowest BCUT2D eigenvalue weighted by molar-refractivity contribution is -0.145. The van der Waals surface area contributed by atoms with Crippen molar-refractivity contribution < 1.29 is 53.7 Å². The first-order chi connectivity index (χ1) is 38.3. The first-order valence-corrected chi connectivity index (χ1v) is 28.2. The van der Waals surface area contributed by atoms with Crippen LogP contribution in [0.4, 0.5) is 4.39 Å². The molecule has 0 aliphatic heterocycles. The summed E-state index contributed by atoms with van der Waals surface area (Å²) in [6.07, 6.45) is 1.07. The van der Waals surface area contributed by atoms with Gasteiger partial charge >= 0.3 is 17.9 Å². The lowest BCUT2D eigenvalue weighted by Crippen LogP contribution is -2.33. The number of ether oxygens (including phenoxy) is 6. The molecule has 0 aliphatic rings. The highest BCUT2D eigenvalue weighted by atomic mass is 127. The minimum absolute atomic E-state index is 0.0422. The van der Waals surface area contributed by atoms with Crippen molar-refractivity contribution in [1.29, 1.82) is 0 Å². The molecule has 7 aromatic carbocycles. The number of methoxy groups -OCH3 is 3. The largest absolute Gasteiger partial charge is 0.508 e. The molecule has 0 aromatic heterocycles. The number of hydrogen-bond acceptors (Lipinski definition) is 11. The van der Waals surface area contributed by atoms with Crippen LogP contribution >= 0.6 is 54.5 Å². The number of carbonyl (C=O) groups is 3. The summed E-state index contributed by atoms with van der Waals surface area (Å²) < 4.78 is 49.7. The lowest BCUT2D eigenvalue weighted by atomic mass is 10.00. The number of benzene rings is 7. The van der Waals surface area contributed by atoms with Crippen molar-refractivity contribution in [3.05, 3.63) is 223 Å². The molecule has 0 radical (unpaired) electrons. The second-order valence-electron chi connectivity index (χ2n) is 17.9. The van der Waals surface area contributed by atoms with Crippen LogP contribution in [0.1, 0.15) is 65.3 Å². The Morgan fingerprint density at radius 3 is 1.22 bits per heavy atom. The normalized spacial score (nSPS) is 11.2. The van der Waals surface area contributed by atoms with Gasteiger partial charge in [0.15, 0.2) is 0 Å². The molecule has 79 heavy (non-hydrogen) atoms. The molecule has 0 amide bonds. The van der Waals surface area contributed by atoms with E-state index in [4.69, 9.17) is 31.2 Å². The number of aryl methyl sites for hydroxylation is 4. The molecule has 0 saturated carbocycles. The molecule has 0 fully saturated rings. The molecule has 0 spiro atoms. The molecule has 3 N–H and O–H groups in total. The van der Waals surface area contributed by atoms with Gasteiger partial charge in [-0.05, 0) is 127 Å². The van der Waals surface area contributed by atoms with Gasteiger partial charge in [-0.15, -0.1) is 0 Å². The summed E-state index contributed by atoms with van der Waals surface area (Å²) in [5.74, 6) is 2.09. The molecule has 3 atom stereocenters. The Hall–Kier alpha value is -6.27. The molecular formula is C64H75Br2FINO10. The average molecular weight is 1330 g/mol. The third-order valence-electron chi connectivity index (χ3n) is 11.5. The zero-order valence-corrected chi connectivity index (χ0v) is 51.8. The van der Waals surface area contributed by atoms with Crippen molar-refractivity contribution in [3.63, 3.8) is 0 Å². The highest BCUT2D eigenvalue weighted by molar-refractivity contribution is 14.1. The SMILES string of the molecule is COC(=O)[C@@H](C)CI.COC(=O)[C@@H](C)Cc1ccc(C)c(OCc2ccccc2)c1.COC(=O)[C@@H](N)Cc1ccc(C)c(OCc2ccccc2)c1.Cc1ccc(Br)cc1O.Cc1ccc(Br)cc1OCc1ccccc1.[2H]CF. The van der Waals surface area contributed by atoms with Crippen LogP contribution in [0.3, 0.4) is 0 Å². The van der Waals surface area contributed by atoms with E-state index in [1.54, 1.807) is 6.07 Å². The smallest absolute Gasteiger partial charge is 0.322 e. The summed E-state index contributed by atoms with van der Waals surface area (Å²) in [5.41, 5.74) is 15.4. The van der Waals surface area contributed by atoms with Gasteiger partial charge in [0, 0.05) is 13.4 Å². The number of aromatic hydroxyl groups is 1. The van der Waals surface area contributed by atoms with Crippen molar-refractivity contribution in [2.75, 3.05) is 32.9 Å². The van der Waals surface area contributed by atoms with E-state index in [0.29, 0.717) is 38.4 Å². The van der Waals surface area contributed by atoms with Gasteiger partial charge in [0.2, 0.25) is 0 Å². The third-order valence-corrected chi connectivity index (χ3v) is 13.8. The van der Waals surface area contributed by atoms with Crippen molar-refractivity contribution in [2.45, 2.75) is 80.2 Å². The zero-order valence-electron chi connectivity index (χ0n) is 47.5. The summed E-state index contributed by atoms with van der Waals surface area (Å²) in [4.78, 5) is 33.4. The van der Waals surface area contributed by atoms with Crippen LogP contribution in [0, 0.1) is 39.5 Å². The Balaban J connectivity index is 0.000000353. The number of carbonyl (C=O) groups excluding carboxylic acids is 3. The number of hydrogen-bond donors (Lipinski definition) is 2. The van der Waals surface area contributed by atoms with Crippen LogP contribution in [0.5, 0.6) is 23.0 Å². The van der Waals surface area contributed by atoms with Crippen LogP contribution in [0.15, 0.2) is 173 Å². The average Bonchev–Trinajstić information content (AvgIpc) is 3.48. The van der Waals surface area contributed by atoms with Crippen LogP contribution in [0.25, 0.3) is 0 Å². The molecule has 424 valence electrons. The van der Waals surface area contributed by atoms with Gasteiger partial charge in [0.25, 0.3) is 0 Å².